The lowest BCUT2D eigenvalue weighted by molar-refractivity contribution is -0.136. The number of fused-ring (bicyclic) bond motifs is 1. The largest absolute Gasteiger partial charge is 0.481 e. The number of β-amino-alcohol motifs (C(OH)–C–C–N with tert-alkyl or cyclic N) is 1. The number of hydrogen-bond donors (Lipinski definition) is 3. The molecule has 0 aliphatic heterocycles. The average molecular weight is 482 g/mol. The smallest absolute Gasteiger partial charge is 0.303 e. The maximum absolute atomic E-state index is 11.1. The van der Waals surface area contributed by atoms with Crippen LogP contribution in [0.5, 0.6) is 0 Å². The Labute approximate surface area is 210 Å². The number of carboxylic acid groups (broad SMARTS) is 1. The number of aliphatic hydroxyl groups is 1. The first-order valence-electron chi connectivity index (χ1n) is 13.1. The average Bonchev–Trinajstić information content (AvgIpc) is 3.21. The first kappa shape index (κ1) is 27.4. The highest BCUT2D eigenvalue weighted by Crippen LogP contribution is 2.32. The fourth-order valence-corrected chi connectivity index (χ4v) is 5.34. The molecule has 0 radical (unpaired) electrons. The van der Waals surface area contributed by atoms with Gasteiger partial charge in [-0.25, -0.2) is 0 Å². The van der Waals surface area contributed by atoms with Crippen molar-refractivity contribution < 1.29 is 19.7 Å². The summed E-state index contributed by atoms with van der Waals surface area (Å²) in [6.07, 6.45) is 4.92. The van der Waals surface area contributed by atoms with Gasteiger partial charge >= 0.3 is 5.97 Å². The number of hydrogen-bond acceptors (Lipinski definition) is 4. The van der Waals surface area contributed by atoms with Gasteiger partial charge in [-0.1, -0.05) is 61.4 Å². The predicted molar refractivity (Wildman–Crippen MR) is 141 cm³/mol. The summed E-state index contributed by atoms with van der Waals surface area (Å²) in [6, 6.07) is 14.9. The van der Waals surface area contributed by atoms with Gasteiger partial charge in [-0.3, -0.25) is 4.79 Å². The lowest BCUT2D eigenvalue weighted by atomic mass is 9.88. The van der Waals surface area contributed by atoms with Crippen molar-refractivity contribution in [2.45, 2.75) is 90.4 Å². The van der Waals surface area contributed by atoms with Crippen LogP contribution in [0.3, 0.4) is 0 Å². The summed E-state index contributed by atoms with van der Waals surface area (Å²) in [7, 11) is 0. The number of aliphatic hydroxyl groups excluding tert-OH is 1. The van der Waals surface area contributed by atoms with Crippen LogP contribution in [-0.2, 0) is 28.8 Å². The van der Waals surface area contributed by atoms with Crippen molar-refractivity contribution in [2.75, 3.05) is 13.2 Å². The van der Waals surface area contributed by atoms with Gasteiger partial charge in [0.2, 0.25) is 0 Å². The zero-order valence-electron chi connectivity index (χ0n) is 21.8. The second-order valence-corrected chi connectivity index (χ2v) is 10.9. The molecule has 1 aliphatic carbocycles. The number of ether oxygens (including phenoxy) is 1. The molecular formula is C30H43NO4. The Bertz CT molecular complexity index is 946. The lowest BCUT2D eigenvalue weighted by Gasteiger charge is -2.31. The Balaban J connectivity index is 1.52. The third-order valence-corrected chi connectivity index (χ3v) is 7.05. The van der Waals surface area contributed by atoms with E-state index in [-0.39, 0.29) is 24.7 Å². The van der Waals surface area contributed by atoms with Gasteiger partial charge in [0.05, 0.1) is 18.8 Å². The van der Waals surface area contributed by atoms with Crippen molar-refractivity contribution in [3.63, 3.8) is 0 Å². The van der Waals surface area contributed by atoms with Crippen LogP contribution in [0.25, 0.3) is 0 Å². The minimum absolute atomic E-state index is 0.0724. The maximum Gasteiger partial charge on any atom is 0.303 e. The molecule has 0 saturated heterocycles. The minimum atomic E-state index is -0.796. The molecule has 2 aromatic carbocycles. The van der Waals surface area contributed by atoms with Gasteiger partial charge in [0.1, 0.15) is 0 Å². The van der Waals surface area contributed by atoms with Crippen LogP contribution >= 0.6 is 0 Å². The molecule has 5 nitrogen and oxygen atoms in total. The SMILES string of the molecule is CCC[C@@H](OC[C@H](O)CNC(C)(C)CC1Cc2ccccc2C1)c1cc(C)ccc1CCC(=O)O. The third-order valence-electron chi connectivity index (χ3n) is 7.05. The highest BCUT2D eigenvalue weighted by atomic mass is 16.5. The molecule has 0 saturated carbocycles. The maximum atomic E-state index is 11.1. The number of carboxylic acids is 1. The van der Waals surface area contributed by atoms with E-state index in [1.807, 2.05) is 19.1 Å². The summed E-state index contributed by atoms with van der Waals surface area (Å²) in [4.78, 5) is 11.1. The van der Waals surface area contributed by atoms with E-state index in [4.69, 9.17) is 9.84 Å². The first-order valence-corrected chi connectivity index (χ1v) is 13.1. The van der Waals surface area contributed by atoms with Crippen molar-refractivity contribution in [3.05, 3.63) is 70.3 Å². The van der Waals surface area contributed by atoms with E-state index >= 15 is 0 Å². The van der Waals surface area contributed by atoms with Crippen molar-refractivity contribution in [3.8, 4) is 0 Å². The zero-order chi connectivity index (χ0) is 25.4. The van der Waals surface area contributed by atoms with Crippen LogP contribution in [-0.4, -0.2) is 41.0 Å². The monoisotopic (exact) mass is 481 g/mol. The fourth-order valence-electron chi connectivity index (χ4n) is 5.34. The van der Waals surface area contributed by atoms with Crippen molar-refractivity contribution in [1.29, 1.82) is 0 Å². The van der Waals surface area contributed by atoms with Crippen LogP contribution in [0.15, 0.2) is 42.5 Å². The summed E-state index contributed by atoms with van der Waals surface area (Å²) in [5.41, 5.74) is 6.07. The number of aliphatic carboxylic acids is 1. The minimum Gasteiger partial charge on any atom is -0.481 e. The fraction of sp³-hybridized carbons (Fsp3) is 0.567. The second-order valence-electron chi connectivity index (χ2n) is 10.9. The zero-order valence-corrected chi connectivity index (χ0v) is 21.8. The van der Waals surface area contributed by atoms with Crippen LogP contribution in [0.2, 0.25) is 0 Å². The standard InChI is InChI=1S/C30H43NO4/c1-5-8-28(27-15-21(2)11-12-23(27)13-14-29(33)34)35-20-26(32)19-31-30(3,4)18-22-16-24-9-6-7-10-25(24)17-22/h6-7,9-12,15,22,26,28,31-32H,5,8,13-14,16-20H2,1-4H3,(H,33,34)/t26-,28-/m1/s1. The van der Waals surface area contributed by atoms with E-state index in [0.717, 1.165) is 48.8 Å². The molecule has 0 bridgehead atoms. The van der Waals surface area contributed by atoms with Gasteiger partial charge in [0.25, 0.3) is 0 Å². The van der Waals surface area contributed by atoms with Gasteiger partial charge in [-0.15, -0.1) is 0 Å². The van der Waals surface area contributed by atoms with E-state index in [1.165, 1.54) is 11.1 Å². The summed E-state index contributed by atoms with van der Waals surface area (Å²) in [6.45, 7) is 9.30. The van der Waals surface area contributed by atoms with Crippen LogP contribution in [0.1, 0.15) is 80.4 Å². The number of nitrogens with one attached hydrogen (secondary N) is 1. The topological polar surface area (TPSA) is 78.8 Å². The molecule has 2 atom stereocenters. The van der Waals surface area contributed by atoms with E-state index < -0.39 is 12.1 Å². The molecule has 35 heavy (non-hydrogen) atoms. The van der Waals surface area contributed by atoms with Crippen LogP contribution < -0.4 is 5.32 Å². The van der Waals surface area contributed by atoms with Crippen molar-refractivity contribution >= 4 is 5.97 Å². The van der Waals surface area contributed by atoms with Gasteiger partial charge in [0, 0.05) is 18.5 Å². The molecule has 0 unspecified atom stereocenters. The Morgan fingerprint density at radius 1 is 1.17 bits per heavy atom. The molecule has 0 heterocycles. The Morgan fingerprint density at radius 2 is 1.86 bits per heavy atom. The normalized spacial score (nSPS) is 15.7. The molecule has 0 aromatic heterocycles. The highest BCUT2D eigenvalue weighted by Gasteiger charge is 2.28. The molecule has 0 spiro atoms. The first-order chi connectivity index (χ1) is 16.7. The number of aryl methyl sites for hydroxylation is 2. The third kappa shape index (κ3) is 8.45. The second kappa shape index (κ2) is 12.7. The quantitative estimate of drug-likeness (QED) is 0.337. The van der Waals surface area contributed by atoms with E-state index in [1.54, 1.807) is 0 Å². The van der Waals surface area contributed by atoms with E-state index in [2.05, 4.69) is 56.4 Å². The van der Waals surface area contributed by atoms with Crippen molar-refractivity contribution in [1.82, 2.24) is 5.32 Å². The number of carbonyl (C=O) groups is 1. The molecular weight excluding hydrogens is 438 g/mol. The van der Waals surface area contributed by atoms with Crippen molar-refractivity contribution in [2.24, 2.45) is 5.92 Å². The molecule has 5 heteroatoms. The Morgan fingerprint density at radius 3 is 2.49 bits per heavy atom. The molecule has 2 aromatic rings. The van der Waals surface area contributed by atoms with Gasteiger partial charge in [-0.05, 0) is 81.0 Å². The van der Waals surface area contributed by atoms with E-state index in [0.29, 0.717) is 18.9 Å². The molecule has 3 rings (SSSR count). The van der Waals surface area contributed by atoms with Gasteiger partial charge < -0.3 is 20.3 Å². The Kier molecular flexibility index (Phi) is 9.90. The summed E-state index contributed by atoms with van der Waals surface area (Å²) in [5, 5.41) is 23.4. The molecule has 0 fully saturated rings. The van der Waals surface area contributed by atoms with Gasteiger partial charge in [0.15, 0.2) is 0 Å². The number of benzene rings is 2. The van der Waals surface area contributed by atoms with Crippen LogP contribution in [0, 0.1) is 12.8 Å². The molecule has 192 valence electrons. The summed E-state index contributed by atoms with van der Waals surface area (Å²) < 4.78 is 6.24. The lowest BCUT2D eigenvalue weighted by Crippen LogP contribution is -2.45. The molecule has 0 amide bonds. The summed E-state index contributed by atoms with van der Waals surface area (Å²) in [5.74, 6) is -0.169. The Hall–Kier alpha value is -2.21. The van der Waals surface area contributed by atoms with Crippen LogP contribution in [0.4, 0.5) is 0 Å². The number of rotatable bonds is 14. The molecule has 3 N–H and O–H groups in total. The molecule has 1 aliphatic rings. The predicted octanol–water partition coefficient (Wildman–Crippen LogP) is 5.40. The highest BCUT2D eigenvalue weighted by molar-refractivity contribution is 5.67. The van der Waals surface area contributed by atoms with E-state index in [9.17, 15) is 9.90 Å². The summed E-state index contributed by atoms with van der Waals surface area (Å²) >= 11 is 0. The van der Waals surface area contributed by atoms with Gasteiger partial charge in [-0.2, -0.15) is 0 Å².